The number of aromatic nitrogens is 3. The van der Waals surface area contributed by atoms with E-state index >= 15 is 0 Å². The van der Waals surface area contributed by atoms with Crippen LogP contribution >= 0.6 is 12.2 Å². The maximum Gasteiger partial charge on any atom is 0.327 e. The molecule has 2 rings (SSSR count). The van der Waals surface area contributed by atoms with E-state index in [-0.39, 0.29) is 5.69 Å². The molecule has 0 aliphatic heterocycles. The number of H-pyrrole nitrogens is 1. The van der Waals surface area contributed by atoms with Crippen molar-refractivity contribution < 1.29 is 0 Å². The predicted octanol–water partition coefficient (Wildman–Crippen LogP) is 2.15. The average molecular weight is 245 g/mol. The summed E-state index contributed by atoms with van der Waals surface area (Å²) in [4.78, 5) is 18.3. The molecule has 0 saturated carbocycles. The third kappa shape index (κ3) is 2.39. The summed E-state index contributed by atoms with van der Waals surface area (Å²) < 4.78 is 2.00. The standard InChI is InChI=1S/C12H11N3OS/c1-2-7-15-10(8-11(17)14-12(15)16)9-3-5-13-6-4-9/h2-6,8H,1,7H2,(H,14,16,17). The van der Waals surface area contributed by atoms with Crippen molar-refractivity contribution in [2.24, 2.45) is 0 Å². The molecule has 1 N–H and O–H groups in total. The Kier molecular flexibility index (Phi) is 3.30. The molecular formula is C12H11N3OS. The topological polar surface area (TPSA) is 50.7 Å². The Morgan fingerprint density at radius 3 is 2.82 bits per heavy atom. The minimum absolute atomic E-state index is 0.232. The summed E-state index contributed by atoms with van der Waals surface area (Å²) in [6.45, 7) is 4.08. The van der Waals surface area contributed by atoms with Crippen LogP contribution in [0.5, 0.6) is 0 Å². The molecule has 5 heteroatoms. The van der Waals surface area contributed by atoms with E-state index in [0.717, 1.165) is 11.3 Å². The maximum atomic E-state index is 11.8. The zero-order valence-electron chi connectivity index (χ0n) is 9.09. The van der Waals surface area contributed by atoms with Crippen molar-refractivity contribution in [3.63, 3.8) is 0 Å². The highest BCUT2D eigenvalue weighted by molar-refractivity contribution is 7.71. The van der Waals surface area contributed by atoms with Gasteiger partial charge < -0.3 is 0 Å². The summed E-state index contributed by atoms with van der Waals surface area (Å²) in [6.07, 6.45) is 5.03. The van der Waals surface area contributed by atoms with Crippen LogP contribution in [0.25, 0.3) is 11.3 Å². The lowest BCUT2D eigenvalue weighted by Crippen LogP contribution is -2.23. The molecule has 2 heterocycles. The van der Waals surface area contributed by atoms with E-state index in [1.54, 1.807) is 29.1 Å². The van der Waals surface area contributed by atoms with E-state index < -0.39 is 0 Å². The van der Waals surface area contributed by atoms with Gasteiger partial charge in [0.05, 0.1) is 5.69 Å². The molecule has 0 saturated heterocycles. The van der Waals surface area contributed by atoms with Crippen molar-refractivity contribution in [2.75, 3.05) is 0 Å². The molecule has 0 bridgehead atoms. The first-order valence-corrected chi connectivity index (χ1v) is 5.48. The van der Waals surface area contributed by atoms with Crippen LogP contribution in [0, 0.1) is 4.64 Å². The fourth-order valence-corrected chi connectivity index (χ4v) is 1.79. The molecule has 0 aliphatic carbocycles. The normalized spacial score (nSPS) is 10.1. The third-order valence-electron chi connectivity index (χ3n) is 2.32. The Morgan fingerprint density at radius 2 is 2.18 bits per heavy atom. The lowest BCUT2D eigenvalue weighted by Gasteiger charge is -2.10. The Balaban J connectivity index is 2.71. The highest BCUT2D eigenvalue weighted by Gasteiger charge is 2.05. The van der Waals surface area contributed by atoms with Gasteiger partial charge in [-0.15, -0.1) is 6.58 Å². The second-order valence-corrected chi connectivity index (χ2v) is 3.90. The summed E-state index contributed by atoms with van der Waals surface area (Å²) in [6, 6.07) is 5.43. The van der Waals surface area contributed by atoms with Crippen molar-refractivity contribution in [3.05, 3.63) is 58.4 Å². The monoisotopic (exact) mass is 245 g/mol. The molecule has 0 aliphatic rings. The number of pyridine rings is 1. The molecule has 0 unspecified atom stereocenters. The fraction of sp³-hybridized carbons (Fsp3) is 0.0833. The molecule has 0 atom stereocenters. The summed E-state index contributed by atoms with van der Waals surface area (Å²) in [7, 11) is 0. The van der Waals surface area contributed by atoms with Crippen molar-refractivity contribution in [1.29, 1.82) is 0 Å². The van der Waals surface area contributed by atoms with E-state index in [1.165, 1.54) is 0 Å². The van der Waals surface area contributed by atoms with Gasteiger partial charge in [0.1, 0.15) is 4.64 Å². The quantitative estimate of drug-likeness (QED) is 0.666. The lowest BCUT2D eigenvalue weighted by atomic mass is 10.2. The van der Waals surface area contributed by atoms with Crippen LogP contribution in [0.2, 0.25) is 0 Å². The number of hydrogen-bond donors (Lipinski definition) is 1. The molecule has 2 aromatic rings. The fourth-order valence-electron chi connectivity index (χ4n) is 1.59. The van der Waals surface area contributed by atoms with Gasteiger partial charge in [-0.1, -0.05) is 18.3 Å². The van der Waals surface area contributed by atoms with Gasteiger partial charge in [0.15, 0.2) is 0 Å². The highest BCUT2D eigenvalue weighted by Crippen LogP contribution is 2.16. The molecule has 4 nitrogen and oxygen atoms in total. The first kappa shape index (κ1) is 11.5. The van der Waals surface area contributed by atoms with E-state index in [1.807, 2.05) is 12.1 Å². The van der Waals surface area contributed by atoms with Gasteiger partial charge in [-0.2, -0.15) is 0 Å². The number of aromatic amines is 1. The SMILES string of the molecule is C=CCn1c(-c2ccncc2)cc(=S)[nH]c1=O. The van der Waals surface area contributed by atoms with Gasteiger partial charge in [0.25, 0.3) is 0 Å². The van der Waals surface area contributed by atoms with E-state index in [0.29, 0.717) is 11.2 Å². The minimum atomic E-state index is -0.232. The Bertz CT molecular complexity index is 643. The summed E-state index contributed by atoms with van der Waals surface area (Å²) in [5, 5.41) is 0. The lowest BCUT2D eigenvalue weighted by molar-refractivity contribution is 0.750. The molecular weight excluding hydrogens is 234 g/mol. The molecule has 0 amide bonds. The van der Waals surface area contributed by atoms with E-state index in [9.17, 15) is 4.79 Å². The van der Waals surface area contributed by atoms with Gasteiger partial charge in [0, 0.05) is 24.5 Å². The maximum absolute atomic E-state index is 11.8. The summed E-state index contributed by atoms with van der Waals surface area (Å²) in [5.74, 6) is 0. The van der Waals surface area contributed by atoms with Crippen LogP contribution in [0.1, 0.15) is 0 Å². The van der Waals surface area contributed by atoms with Crippen LogP contribution in [0.15, 0.2) is 48.0 Å². The smallest absolute Gasteiger partial charge is 0.298 e. The van der Waals surface area contributed by atoms with Crippen LogP contribution in [0.4, 0.5) is 0 Å². The molecule has 0 spiro atoms. The number of nitrogens with zero attached hydrogens (tertiary/aromatic N) is 2. The second-order valence-electron chi connectivity index (χ2n) is 3.46. The Morgan fingerprint density at radius 1 is 1.47 bits per heavy atom. The summed E-state index contributed by atoms with van der Waals surface area (Å²) >= 11 is 5.02. The van der Waals surface area contributed by atoms with Gasteiger partial charge in [-0.3, -0.25) is 14.5 Å². The number of hydrogen-bond acceptors (Lipinski definition) is 3. The molecule has 0 radical (unpaired) electrons. The van der Waals surface area contributed by atoms with Crippen LogP contribution < -0.4 is 5.69 Å². The molecule has 17 heavy (non-hydrogen) atoms. The van der Waals surface area contributed by atoms with Gasteiger partial charge in [-0.05, 0) is 18.2 Å². The van der Waals surface area contributed by atoms with Gasteiger partial charge in [0.2, 0.25) is 0 Å². The van der Waals surface area contributed by atoms with Crippen molar-refractivity contribution in [3.8, 4) is 11.3 Å². The third-order valence-corrected chi connectivity index (χ3v) is 2.54. The van der Waals surface area contributed by atoms with E-state index in [2.05, 4.69) is 16.5 Å². The van der Waals surface area contributed by atoms with E-state index in [4.69, 9.17) is 12.2 Å². The predicted molar refractivity (Wildman–Crippen MR) is 69.3 cm³/mol. The summed E-state index contributed by atoms with van der Waals surface area (Å²) in [5.41, 5.74) is 1.43. The largest absolute Gasteiger partial charge is 0.327 e. The van der Waals surface area contributed by atoms with Crippen molar-refractivity contribution in [1.82, 2.24) is 14.5 Å². The zero-order valence-corrected chi connectivity index (χ0v) is 9.91. The first-order valence-electron chi connectivity index (χ1n) is 5.08. The number of allylic oxidation sites excluding steroid dienone is 1. The van der Waals surface area contributed by atoms with Crippen LogP contribution in [0.3, 0.4) is 0 Å². The molecule has 2 aromatic heterocycles. The second kappa shape index (κ2) is 4.88. The first-order chi connectivity index (χ1) is 8.22. The van der Waals surface area contributed by atoms with Crippen LogP contribution in [-0.2, 0) is 6.54 Å². The Hall–Kier alpha value is -2.01. The number of nitrogens with one attached hydrogen (secondary N) is 1. The minimum Gasteiger partial charge on any atom is -0.298 e. The van der Waals surface area contributed by atoms with Crippen LogP contribution in [-0.4, -0.2) is 14.5 Å². The van der Waals surface area contributed by atoms with Crippen molar-refractivity contribution in [2.45, 2.75) is 6.54 Å². The zero-order chi connectivity index (χ0) is 12.3. The molecule has 0 fully saturated rings. The van der Waals surface area contributed by atoms with Crippen molar-refractivity contribution >= 4 is 12.2 Å². The average Bonchev–Trinajstić information content (AvgIpc) is 2.33. The Labute approximate surface area is 103 Å². The number of rotatable bonds is 3. The molecule has 0 aromatic carbocycles. The van der Waals surface area contributed by atoms with Gasteiger partial charge >= 0.3 is 5.69 Å². The highest BCUT2D eigenvalue weighted by atomic mass is 32.1. The van der Waals surface area contributed by atoms with Gasteiger partial charge in [-0.25, -0.2) is 4.79 Å². The molecule has 86 valence electrons.